The minimum absolute atomic E-state index is 0.271. The van der Waals surface area contributed by atoms with Crippen LogP contribution in [0.15, 0.2) is 18.2 Å². The van der Waals surface area contributed by atoms with Crippen molar-refractivity contribution in [2.75, 3.05) is 6.79 Å². The first-order valence-corrected chi connectivity index (χ1v) is 4.30. The van der Waals surface area contributed by atoms with E-state index in [1.807, 2.05) is 0 Å². The van der Waals surface area contributed by atoms with E-state index in [0.29, 0.717) is 5.75 Å². The van der Waals surface area contributed by atoms with Crippen LogP contribution in [0.3, 0.4) is 0 Å². The van der Waals surface area contributed by atoms with Crippen LogP contribution >= 0.6 is 8.46 Å². The average Bonchev–Trinajstić information content (AvgIpc) is 2.50. The molecule has 0 fully saturated rings. The lowest BCUT2D eigenvalue weighted by Crippen LogP contribution is -1.93. The van der Waals surface area contributed by atoms with Crippen LogP contribution in [0.1, 0.15) is 0 Å². The SMILES string of the molecule is O=[PH2]c1ccc2c(c1)OCO2. The van der Waals surface area contributed by atoms with Crippen LogP contribution in [0, 0.1) is 0 Å². The fraction of sp³-hybridized carbons (Fsp3) is 0.143. The van der Waals surface area contributed by atoms with Crippen LogP contribution in [-0.2, 0) is 4.57 Å². The van der Waals surface area contributed by atoms with Gasteiger partial charge >= 0.3 is 0 Å². The highest BCUT2D eigenvalue weighted by Gasteiger charge is 2.12. The quantitative estimate of drug-likeness (QED) is 0.584. The van der Waals surface area contributed by atoms with Gasteiger partial charge in [-0.3, -0.25) is 0 Å². The number of rotatable bonds is 1. The Morgan fingerprint density at radius 1 is 1.27 bits per heavy atom. The fourth-order valence-corrected chi connectivity index (χ4v) is 1.38. The molecule has 0 radical (unpaired) electrons. The maximum absolute atomic E-state index is 10.5. The summed E-state index contributed by atoms with van der Waals surface area (Å²) in [6.07, 6.45) is 0. The van der Waals surface area contributed by atoms with Gasteiger partial charge in [0.2, 0.25) is 6.79 Å². The monoisotopic (exact) mass is 170 g/mol. The van der Waals surface area contributed by atoms with E-state index in [1.54, 1.807) is 18.2 Å². The van der Waals surface area contributed by atoms with E-state index < -0.39 is 8.46 Å². The lowest BCUT2D eigenvalue weighted by Gasteiger charge is -1.94. The molecule has 0 amide bonds. The molecule has 0 bridgehead atoms. The topological polar surface area (TPSA) is 35.5 Å². The van der Waals surface area contributed by atoms with Gasteiger partial charge in [-0.15, -0.1) is 0 Å². The Morgan fingerprint density at radius 2 is 2.09 bits per heavy atom. The highest BCUT2D eigenvalue weighted by molar-refractivity contribution is 7.34. The summed E-state index contributed by atoms with van der Waals surface area (Å²) in [5, 5.41) is 0.814. The Balaban J connectivity index is 2.48. The van der Waals surface area contributed by atoms with Crippen molar-refractivity contribution in [1.82, 2.24) is 0 Å². The van der Waals surface area contributed by atoms with Crippen molar-refractivity contribution in [3.05, 3.63) is 18.2 Å². The van der Waals surface area contributed by atoms with Crippen molar-refractivity contribution in [3.8, 4) is 11.5 Å². The molecule has 0 saturated heterocycles. The Kier molecular flexibility index (Phi) is 1.59. The van der Waals surface area contributed by atoms with Gasteiger partial charge in [0, 0.05) is 5.30 Å². The van der Waals surface area contributed by atoms with E-state index in [0.717, 1.165) is 11.1 Å². The van der Waals surface area contributed by atoms with E-state index in [9.17, 15) is 4.57 Å². The lowest BCUT2D eigenvalue weighted by atomic mass is 10.3. The summed E-state index contributed by atoms with van der Waals surface area (Å²) < 4.78 is 20.7. The van der Waals surface area contributed by atoms with Gasteiger partial charge in [0.15, 0.2) is 11.5 Å². The maximum Gasteiger partial charge on any atom is 0.231 e. The third-order valence-electron chi connectivity index (χ3n) is 1.53. The predicted octanol–water partition coefficient (Wildman–Crippen LogP) is 0.797. The number of hydrogen-bond acceptors (Lipinski definition) is 3. The van der Waals surface area contributed by atoms with E-state index in [2.05, 4.69) is 0 Å². The number of benzene rings is 1. The molecule has 0 spiro atoms. The highest BCUT2D eigenvalue weighted by Crippen LogP contribution is 2.30. The van der Waals surface area contributed by atoms with Crippen molar-refractivity contribution in [2.24, 2.45) is 0 Å². The zero-order valence-corrected chi connectivity index (χ0v) is 6.90. The zero-order chi connectivity index (χ0) is 7.68. The second-order valence-electron chi connectivity index (χ2n) is 2.23. The molecule has 0 aromatic heterocycles. The van der Waals surface area contributed by atoms with Crippen molar-refractivity contribution in [3.63, 3.8) is 0 Å². The summed E-state index contributed by atoms with van der Waals surface area (Å²) in [5.41, 5.74) is 0. The molecule has 11 heavy (non-hydrogen) atoms. The maximum atomic E-state index is 10.5. The van der Waals surface area contributed by atoms with Gasteiger partial charge in [-0.2, -0.15) is 0 Å². The van der Waals surface area contributed by atoms with Crippen LogP contribution in [0.25, 0.3) is 0 Å². The van der Waals surface area contributed by atoms with Crippen molar-refractivity contribution >= 4 is 13.8 Å². The van der Waals surface area contributed by atoms with Crippen molar-refractivity contribution < 1.29 is 14.0 Å². The minimum atomic E-state index is -0.873. The van der Waals surface area contributed by atoms with E-state index in [-0.39, 0.29) is 6.79 Å². The number of fused-ring (bicyclic) bond motifs is 1. The summed E-state index contributed by atoms with van der Waals surface area (Å²) in [7, 11) is -0.873. The number of ether oxygens (including phenoxy) is 2. The second kappa shape index (κ2) is 2.59. The van der Waals surface area contributed by atoms with E-state index in [1.165, 1.54) is 0 Å². The molecule has 0 saturated carbocycles. The molecular formula is C7H7O3P. The Morgan fingerprint density at radius 3 is 2.91 bits per heavy atom. The smallest absolute Gasteiger partial charge is 0.231 e. The van der Waals surface area contributed by atoms with Crippen LogP contribution in [0.4, 0.5) is 0 Å². The minimum Gasteiger partial charge on any atom is -0.454 e. The van der Waals surface area contributed by atoms with Gasteiger partial charge in [-0.1, -0.05) is 0 Å². The summed E-state index contributed by atoms with van der Waals surface area (Å²) >= 11 is 0. The van der Waals surface area contributed by atoms with E-state index in [4.69, 9.17) is 9.47 Å². The van der Waals surface area contributed by atoms with Crippen LogP contribution in [0.5, 0.6) is 11.5 Å². The number of hydrogen-bond donors (Lipinski definition) is 0. The Bertz CT molecular complexity index is 298. The molecule has 1 aromatic rings. The second-order valence-corrected chi connectivity index (χ2v) is 3.13. The van der Waals surface area contributed by atoms with Gasteiger partial charge < -0.3 is 14.0 Å². The molecule has 0 N–H and O–H groups in total. The largest absolute Gasteiger partial charge is 0.454 e. The molecule has 1 aromatic carbocycles. The molecule has 1 heterocycles. The molecule has 1 aliphatic heterocycles. The molecule has 2 rings (SSSR count). The Labute approximate surface area is 65.1 Å². The summed E-state index contributed by atoms with van der Waals surface area (Å²) in [5.74, 6) is 1.44. The van der Waals surface area contributed by atoms with Crippen molar-refractivity contribution in [1.29, 1.82) is 0 Å². The first-order valence-electron chi connectivity index (χ1n) is 3.25. The average molecular weight is 170 g/mol. The van der Waals surface area contributed by atoms with Crippen LogP contribution in [-0.4, -0.2) is 6.79 Å². The first kappa shape index (κ1) is 6.74. The van der Waals surface area contributed by atoms with Gasteiger partial charge in [0.1, 0.15) is 0 Å². The van der Waals surface area contributed by atoms with E-state index >= 15 is 0 Å². The van der Waals surface area contributed by atoms with Gasteiger partial charge in [-0.25, -0.2) is 0 Å². The summed E-state index contributed by atoms with van der Waals surface area (Å²) in [4.78, 5) is 0. The highest BCUT2D eigenvalue weighted by atomic mass is 31.1. The van der Waals surface area contributed by atoms with Gasteiger partial charge in [0.05, 0.1) is 8.46 Å². The molecule has 58 valence electrons. The van der Waals surface area contributed by atoms with Gasteiger partial charge in [0.25, 0.3) is 0 Å². The lowest BCUT2D eigenvalue weighted by molar-refractivity contribution is 0.174. The molecule has 1 unspecified atom stereocenters. The summed E-state index contributed by atoms with van der Waals surface area (Å²) in [6, 6.07) is 5.32. The molecule has 4 heteroatoms. The standard InChI is InChI=1S/C7H7O3P/c8-11-5-1-2-6-7(3-5)10-4-9-6/h1-3H,4,11H2. The molecule has 0 aliphatic carbocycles. The molecular weight excluding hydrogens is 163 g/mol. The third kappa shape index (κ3) is 1.12. The summed E-state index contributed by atoms with van der Waals surface area (Å²) in [6.45, 7) is 0.271. The zero-order valence-electron chi connectivity index (χ0n) is 5.74. The Hall–Kier alpha value is -0.950. The third-order valence-corrected chi connectivity index (χ3v) is 2.16. The molecule has 1 atom stereocenters. The van der Waals surface area contributed by atoms with Crippen LogP contribution < -0.4 is 14.8 Å². The fourth-order valence-electron chi connectivity index (χ4n) is 0.986. The molecule has 3 nitrogen and oxygen atoms in total. The van der Waals surface area contributed by atoms with Gasteiger partial charge in [-0.05, 0) is 18.2 Å². The first-order chi connectivity index (χ1) is 5.40. The normalized spacial score (nSPS) is 14.5. The molecule has 1 aliphatic rings. The predicted molar refractivity (Wildman–Crippen MR) is 42.6 cm³/mol. The van der Waals surface area contributed by atoms with Crippen LogP contribution in [0.2, 0.25) is 0 Å². The van der Waals surface area contributed by atoms with Crippen molar-refractivity contribution in [2.45, 2.75) is 0 Å².